The van der Waals surface area contributed by atoms with Crippen LogP contribution in [0.5, 0.6) is 11.5 Å². The SMILES string of the molecule is COc1cccc(C2/C(=C(\O)c3cnn(-c4ccccc4)c3C)C(=O)C(=O)N2CCCN2CCOCC2)c1OC. The maximum atomic E-state index is 13.6. The van der Waals surface area contributed by atoms with Crippen LogP contribution in [-0.2, 0) is 14.3 Å². The average Bonchev–Trinajstić information content (AvgIpc) is 3.49. The number of carbonyl (C=O) groups is 2. The molecule has 0 radical (unpaired) electrons. The van der Waals surface area contributed by atoms with Gasteiger partial charge in [0.15, 0.2) is 11.5 Å². The van der Waals surface area contributed by atoms with Gasteiger partial charge in [0.2, 0.25) is 0 Å². The smallest absolute Gasteiger partial charge is 0.295 e. The zero-order valence-electron chi connectivity index (χ0n) is 23.0. The van der Waals surface area contributed by atoms with Gasteiger partial charge in [0, 0.05) is 31.7 Å². The van der Waals surface area contributed by atoms with E-state index in [1.54, 1.807) is 22.9 Å². The summed E-state index contributed by atoms with van der Waals surface area (Å²) < 4.78 is 18.3. The normalized spacial score (nSPS) is 19.3. The van der Waals surface area contributed by atoms with Gasteiger partial charge in [-0.2, -0.15) is 5.10 Å². The lowest BCUT2D eigenvalue weighted by atomic mass is 9.94. The van der Waals surface area contributed by atoms with Gasteiger partial charge in [0.1, 0.15) is 5.76 Å². The molecular formula is C30H34N4O6. The van der Waals surface area contributed by atoms with Crippen LogP contribution in [0.2, 0.25) is 0 Å². The minimum absolute atomic E-state index is 0.00126. The molecule has 1 N–H and O–H groups in total. The molecule has 1 unspecified atom stereocenters. The Morgan fingerprint density at radius 3 is 2.48 bits per heavy atom. The van der Waals surface area contributed by atoms with Gasteiger partial charge in [-0.3, -0.25) is 14.5 Å². The second kappa shape index (κ2) is 11.9. The van der Waals surface area contributed by atoms with Gasteiger partial charge in [0.25, 0.3) is 11.7 Å². The fraction of sp³-hybridized carbons (Fsp3) is 0.367. The summed E-state index contributed by atoms with van der Waals surface area (Å²) in [6.07, 6.45) is 2.17. The summed E-state index contributed by atoms with van der Waals surface area (Å²) in [5, 5.41) is 16.1. The van der Waals surface area contributed by atoms with Crippen LogP contribution in [0.15, 0.2) is 60.3 Å². The first-order valence-corrected chi connectivity index (χ1v) is 13.4. The molecule has 10 heteroatoms. The number of Topliss-reactive ketones (excluding diaryl/α,β-unsaturated/α-hetero) is 1. The molecule has 0 aliphatic carbocycles. The monoisotopic (exact) mass is 546 g/mol. The Balaban J connectivity index is 1.57. The van der Waals surface area contributed by atoms with Crippen molar-refractivity contribution in [3.05, 3.63) is 77.1 Å². The van der Waals surface area contributed by atoms with Crippen LogP contribution >= 0.6 is 0 Å². The van der Waals surface area contributed by atoms with Crippen molar-refractivity contribution < 1.29 is 28.9 Å². The minimum Gasteiger partial charge on any atom is -0.507 e. The number of ketones is 1. The predicted octanol–water partition coefficient (Wildman–Crippen LogP) is 3.34. The van der Waals surface area contributed by atoms with E-state index in [-0.39, 0.29) is 11.3 Å². The number of hydrogen-bond acceptors (Lipinski definition) is 8. The Hall–Kier alpha value is -4.15. The van der Waals surface area contributed by atoms with Gasteiger partial charge in [-0.1, -0.05) is 30.3 Å². The Morgan fingerprint density at radius 2 is 1.77 bits per heavy atom. The number of aromatic nitrogens is 2. The molecule has 210 valence electrons. The summed E-state index contributed by atoms with van der Waals surface area (Å²) in [5.74, 6) is -0.814. The van der Waals surface area contributed by atoms with Gasteiger partial charge in [-0.05, 0) is 31.5 Å². The largest absolute Gasteiger partial charge is 0.507 e. The Morgan fingerprint density at radius 1 is 1.02 bits per heavy atom. The van der Waals surface area contributed by atoms with E-state index in [2.05, 4.69) is 10.00 Å². The standard InChI is InChI=1S/C30H34N4O6/c1-20-23(19-31-34(20)21-9-5-4-6-10-21)27(35)25-26(22-11-7-12-24(38-2)29(22)39-3)33(30(37)28(25)36)14-8-13-32-15-17-40-18-16-32/h4-7,9-12,19,26,35H,8,13-18H2,1-3H3/b27-25+. The van der Waals surface area contributed by atoms with Gasteiger partial charge < -0.3 is 24.2 Å². The summed E-state index contributed by atoms with van der Waals surface area (Å²) in [6, 6.07) is 14.0. The van der Waals surface area contributed by atoms with Crippen molar-refractivity contribution in [3.63, 3.8) is 0 Å². The van der Waals surface area contributed by atoms with Crippen LogP contribution in [0, 0.1) is 6.92 Å². The van der Waals surface area contributed by atoms with Crippen molar-refractivity contribution in [1.29, 1.82) is 0 Å². The van der Waals surface area contributed by atoms with E-state index in [9.17, 15) is 14.7 Å². The van der Waals surface area contributed by atoms with Gasteiger partial charge in [0.05, 0.1) is 62.2 Å². The number of para-hydroxylation sites is 2. The highest BCUT2D eigenvalue weighted by Crippen LogP contribution is 2.45. The van der Waals surface area contributed by atoms with E-state index < -0.39 is 17.7 Å². The molecule has 0 saturated carbocycles. The second-order valence-electron chi connectivity index (χ2n) is 9.77. The number of rotatable bonds is 9. The molecule has 40 heavy (non-hydrogen) atoms. The molecule has 5 rings (SSSR count). The van der Waals surface area contributed by atoms with Crippen LogP contribution in [0.3, 0.4) is 0 Å². The average molecular weight is 547 g/mol. The number of likely N-dealkylation sites (tertiary alicyclic amines) is 1. The van der Waals surface area contributed by atoms with Gasteiger partial charge >= 0.3 is 0 Å². The molecular weight excluding hydrogens is 512 g/mol. The van der Waals surface area contributed by atoms with E-state index >= 15 is 0 Å². The number of aliphatic hydroxyl groups is 1. The maximum absolute atomic E-state index is 13.6. The summed E-state index contributed by atoms with van der Waals surface area (Å²) in [6.45, 7) is 5.92. The third-order valence-corrected chi connectivity index (χ3v) is 7.51. The van der Waals surface area contributed by atoms with E-state index in [0.29, 0.717) is 54.5 Å². The molecule has 3 heterocycles. The summed E-state index contributed by atoms with van der Waals surface area (Å²) in [7, 11) is 3.04. The third-order valence-electron chi connectivity index (χ3n) is 7.51. The number of amides is 1. The number of ether oxygens (including phenoxy) is 3. The molecule has 2 fully saturated rings. The van der Waals surface area contributed by atoms with Crippen molar-refractivity contribution in [1.82, 2.24) is 19.6 Å². The molecule has 10 nitrogen and oxygen atoms in total. The highest BCUT2D eigenvalue weighted by molar-refractivity contribution is 6.46. The third kappa shape index (κ3) is 5.07. The Kier molecular flexibility index (Phi) is 8.18. The summed E-state index contributed by atoms with van der Waals surface area (Å²) in [4.78, 5) is 30.9. The first-order valence-electron chi connectivity index (χ1n) is 13.4. The van der Waals surface area contributed by atoms with Crippen molar-refractivity contribution in [2.45, 2.75) is 19.4 Å². The summed E-state index contributed by atoms with van der Waals surface area (Å²) in [5.41, 5.74) is 2.38. The lowest BCUT2D eigenvalue weighted by molar-refractivity contribution is -0.140. The zero-order chi connectivity index (χ0) is 28.2. The molecule has 3 aromatic rings. The molecule has 0 bridgehead atoms. The van der Waals surface area contributed by atoms with Gasteiger partial charge in [-0.25, -0.2) is 4.68 Å². The molecule has 1 amide bonds. The van der Waals surface area contributed by atoms with Gasteiger partial charge in [-0.15, -0.1) is 0 Å². The van der Waals surface area contributed by atoms with Crippen LogP contribution in [-0.4, -0.2) is 90.0 Å². The van der Waals surface area contributed by atoms with Crippen molar-refractivity contribution in [3.8, 4) is 17.2 Å². The number of methoxy groups -OCH3 is 2. The molecule has 2 aliphatic heterocycles. The van der Waals surface area contributed by atoms with Crippen molar-refractivity contribution in [2.75, 3.05) is 53.6 Å². The first-order chi connectivity index (χ1) is 19.5. The first kappa shape index (κ1) is 27.4. The predicted molar refractivity (Wildman–Crippen MR) is 149 cm³/mol. The molecule has 2 saturated heterocycles. The lowest BCUT2D eigenvalue weighted by Gasteiger charge is -2.29. The van der Waals surface area contributed by atoms with Crippen molar-refractivity contribution in [2.24, 2.45) is 0 Å². The molecule has 1 atom stereocenters. The lowest BCUT2D eigenvalue weighted by Crippen LogP contribution is -2.39. The number of morpholine rings is 1. The number of benzene rings is 2. The van der Waals surface area contributed by atoms with Crippen molar-refractivity contribution >= 4 is 17.4 Å². The topological polar surface area (TPSA) is 106 Å². The maximum Gasteiger partial charge on any atom is 0.295 e. The minimum atomic E-state index is -0.866. The quantitative estimate of drug-likeness (QED) is 0.248. The highest BCUT2D eigenvalue weighted by atomic mass is 16.5. The van der Waals surface area contributed by atoms with E-state index in [1.807, 2.05) is 37.3 Å². The molecule has 0 spiro atoms. The molecule has 1 aromatic heterocycles. The fourth-order valence-electron chi connectivity index (χ4n) is 5.47. The highest BCUT2D eigenvalue weighted by Gasteiger charge is 2.47. The van der Waals surface area contributed by atoms with E-state index in [1.165, 1.54) is 25.3 Å². The summed E-state index contributed by atoms with van der Waals surface area (Å²) >= 11 is 0. The van der Waals surface area contributed by atoms with Crippen LogP contribution in [0.1, 0.15) is 29.3 Å². The van der Waals surface area contributed by atoms with Crippen LogP contribution in [0.25, 0.3) is 11.4 Å². The van der Waals surface area contributed by atoms with E-state index in [4.69, 9.17) is 14.2 Å². The number of carbonyl (C=O) groups excluding carboxylic acids is 2. The number of nitrogens with zero attached hydrogens (tertiary/aromatic N) is 4. The van der Waals surface area contributed by atoms with Crippen LogP contribution in [0.4, 0.5) is 0 Å². The fourth-order valence-corrected chi connectivity index (χ4v) is 5.47. The molecule has 2 aliphatic rings. The Bertz CT molecular complexity index is 1410. The van der Waals surface area contributed by atoms with Crippen LogP contribution < -0.4 is 9.47 Å². The number of aliphatic hydroxyl groups excluding tert-OH is 1. The second-order valence-corrected chi connectivity index (χ2v) is 9.77. The van der Waals surface area contributed by atoms with E-state index in [0.717, 1.165) is 25.3 Å². The molecule has 2 aromatic carbocycles. The Labute approximate surface area is 233 Å². The zero-order valence-corrected chi connectivity index (χ0v) is 23.0. The number of hydrogen-bond donors (Lipinski definition) is 1.